The molecule has 0 atom stereocenters. The van der Waals surface area contributed by atoms with Gasteiger partial charge in [0.15, 0.2) is 0 Å². The predicted molar refractivity (Wildman–Crippen MR) is 59.0 cm³/mol. The minimum absolute atomic E-state index is 0.127. The van der Waals surface area contributed by atoms with Gasteiger partial charge in [-0.1, -0.05) is 18.5 Å². The van der Waals surface area contributed by atoms with Crippen molar-refractivity contribution in [1.29, 1.82) is 0 Å². The SMILES string of the molecule is CCC(C(=O)OCCC[SiH3])=C(C)C. The van der Waals surface area contributed by atoms with E-state index in [0.717, 1.165) is 24.0 Å². The third kappa shape index (κ3) is 4.88. The van der Waals surface area contributed by atoms with Crippen molar-refractivity contribution in [3.8, 4) is 0 Å². The van der Waals surface area contributed by atoms with Gasteiger partial charge in [-0.05, 0) is 26.7 Å². The molecule has 0 aromatic heterocycles. The first-order valence-electron chi connectivity index (χ1n) is 4.96. The maximum absolute atomic E-state index is 11.4. The summed E-state index contributed by atoms with van der Waals surface area (Å²) in [5.74, 6) is -0.127. The first kappa shape index (κ1) is 12.4. The molecular formula is C10H20O2Si. The number of hydrogen-bond acceptors (Lipinski definition) is 2. The molecule has 0 saturated heterocycles. The highest BCUT2D eigenvalue weighted by Crippen LogP contribution is 2.09. The van der Waals surface area contributed by atoms with Crippen LogP contribution < -0.4 is 0 Å². The van der Waals surface area contributed by atoms with E-state index >= 15 is 0 Å². The Morgan fingerprint density at radius 1 is 1.38 bits per heavy atom. The van der Waals surface area contributed by atoms with Gasteiger partial charge in [-0.2, -0.15) is 0 Å². The van der Waals surface area contributed by atoms with Crippen LogP contribution in [0.5, 0.6) is 0 Å². The van der Waals surface area contributed by atoms with Crippen LogP contribution >= 0.6 is 0 Å². The molecule has 0 radical (unpaired) electrons. The highest BCUT2D eigenvalue weighted by atomic mass is 28.1. The minimum atomic E-state index is -0.127. The fourth-order valence-corrected chi connectivity index (χ4v) is 1.39. The molecule has 0 bridgehead atoms. The van der Waals surface area contributed by atoms with Gasteiger partial charge < -0.3 is 4.74 Å². The number of esters is 1. The molecule has 0 saturated carbocycles. The van der Waals surface area contributed by atoms with Crippen LogP contribution in [0.1, 0.15) is 33.6 Å². The lowest BCUT2D eigenvalue weighted by molar-refractivity contribution is -0.139. The van der Waals surface area contributed by atoms with Crippen LogP contribution in [0.4, 0.5) is 0 Å². The van der Waals surface area contributed by atoms with Crippen LogP contribution in [0.3, 0.4) is 0 Å². The summed E-state index contributed by atoms with van der Waals surface area (Å²) in [5.41, 5.74) is 1.90. The molecule has 76 valence electrons. The largest absolute Gasteiger partial charge is 0.462 e. The summed E-state index contributed by atoms with van der Waals surface area (Å²) in [4.78, 5) is 11.4. The van der Waals surface area contributed by atoms with Crippen molar-refractivity contribution in [2.45, 2.75) is 39.7 Å². The van der Waals surface area contributed by atoms with E-state index < -0.39 is 0 Å². The van der Waals surface area contributed by atoms with E-state index in [1.165, 1.54) is 16.3 Å². The van der Waals surface area contributed by atoms with E-state index in [0.29, 0.717) is 6.61 Å². The van der Waals surface area contributed by atoms with E-state index in [4.69, 9.17) is 4.74 Å². The monoisotopic (exact) mass is 200 g/mol. The zero-order valence-corrected chi connectivity index (χ0v) is 11.1. The topological polar surface area (TPSA) is 26.3 Å². The Morgan fingerprint density at radius 3 is 2.38 bits per heavy atom. The molecule has 0 N–H and O–H groups in total. The third-order valence-electron chi connectivity index (χ3n) is 1.93. The van der Waals surface area contributed by atoms with Crippen molar-refractivity contribution in [2.75, 3.05) is 6.61 Å². The Bertz CT molecular complexity index is 193. The molecule has 0 aliphatic rings. The van der Waals surface area contributed by atoms with Gasteiger partial charge in [-0.3, -0.25) is 0 Å². The average Bonchev–Trinajstić information content (AvgIpc) is 2.05. The summed E-state index contributed by atoms with van der Waals surface area (Å²) in [5, 5.41) is 0. The number of hydrogen-bond donors (Lipinski definition) is 0. The smallest absolute Gasteiger partial charge is 0.333 e. The van der Waals surface area contributed by atoms with Crippen molar-refractivity contribution in [1.82, 2.24) is 0 Å². The molecule has 0 aromatic carbocycles. The van der Waals surface area contributed by atoms with Crippen molar-refractivity contribution in [3.63, 3.8) is 0 Å². The second kappa shape index (κ2) is 6.89. The van der Waals surface area contributed by atoms with Gasteiger partial charge in [0.1, 0.15) is 0 Å². The molecule has 0 aliphatic carbocycles. The summed E-state index contributed by atoms with van der Waals surface area (Å²) in [6.07, 6.45) is 1.78. The molecule has 0 rings (SSSR count). The fourth-order valence-electron chi connectivity index (χ4n) is 1.10. The molecule has 0 heterocycles. The van der Waals surface area contributed by atoms with Crippen molar-refractivity contribution >= 4 is 16.2 Å². The highest BCUT2D eigenvalue weighted by molar-refractivity contribution is 6.08. The second-order valence-electron chi connectivity index (χ2n) is 3.32. The number of carbonyl (C=O) groups excluding carboxylic acids is 1. The summed E-state index contributed by atoms with van der Waals surface area (Å²) in [7, 11) is 1.19. The molecule has 0 unspecified atom stereocenters. The number of ether oxygens (including phenoxy) is 1. The lowest BCUT2D eigenvalue weighted by atomic mass is 10.1. The van der Waals surface area contributed by atoms with Crippen LogP contribution in [-0.2, 0) is 9.53 Å². The quantitative estimate of drug-likeness (QED) is 0.291. The molecule has 0 aromatic rings. The molecule has 3 heteroatoms. The fraction of sp³-hybridized carbons (Fsp3) is 0.700. The molecule has 2 nitrogen and oxygen atoms in total. The van der Waals surface area contributed by atoms with Gasteiger partial charge in [0.2, 0.25) is 0 Å². The molecule has 0 aliphatic heterocycles. The summed E-state index contributed by atoms with van der Waals surface area (Å²) in [6, 6.07) is 1.20. The number of allylic oxidation sites excluding steroid dienone is 1. The van der Waals surface area contributed by atoms with E-state index in [-0.39, 0.29) is 5.97 Å². The van der Waals surface area contributed by atoms with Crippen LogP contribution in [0.15, 0.2) is 11.1 Å². The van der Waals surface area contributed by atoms with Gasteiger partial charge in [0, 0.05) is 15.8 Å². The normalized spacial score (nSPS) is 9.77. The maximum atomic E-state index is 11.4. The van der Waals surface area contributed by atoms with E-state index in [1.54, 1.807) is 0 Å². The first-order valence-corrected chi connectivity index (χ1v) is 6.38. The highest BCUT2D eigenvalue weighted by Gasteiger charge is 2.09. The molecule has 0 spiro atoms. The minimum Gasteiger partial charge on any atom is -0.462 e. The first-order chi connectivity index (χ1) is 6.13. The summed E-state index contributed by atoms with van der Waals surface area (Å²) < 4.78 is 5.12. The van der Waals surface area contributed by atoms with Crippen molar-refractivity contribution in [3.05, 3.63) is 11.1 Å². The van der Waals surface area contributed by atoms with E-state index in [2.05, 4.69) is 0 Å². The zero-order valence-electron chi connectivity index (χ0n) is 9.14. The van der Waals surface area contributed by atoms with Crippen LogP contribution in [0.2, 0.25) is 6.04 Å². The average molecular weight is 200 g/mol. The van der Waals surface area contributed by atoms with Crippen LogP contribution in [0.25, 0.3) is 0 Å². The van der Waals surface area contributed by atoms with Crippen molar-refractivity contribution < 1.29 is 9.53 Å². The zero-order chi connectivity index (χ0) is 10.3. The Morgan fingerprint density at radius 2 is 2.00 bits per heavy atom. The van der Waals surface area contributed by atoms with Crippen molar-refractivity contribution in [2.24, 2.45) is 0 Å². The maximum Gasteiger partial charge on any atom is 0.333 e. The Labute approximate surface area is 83.8 Å². The number of carbonyl (C=O) groups is 1. The predicted octanol–water partition coefficient (Wildman–Crippen LogP) is 1.45. The van der Waals surface area contributed by atoms with Gasteiger partial charge in [-0.15, -0.1) is 0 Å². The molecule has 0 amide bonds. The van der Waals surface area contributed by atoms with Crippen LogP contribution in [0, 0.1) is 0 Å². The van der Waals surface area contributed by atoms with E-state index in [9.17, 15) is 4.79 Å². The Balaban J connectivity index is 4.02. The summed E-state index contributed by atoms with van der Waals surface area (Å²) in [6.45, 7) is 6.47. The summed E-state index contributed by atoms with van der Waals surface area (Å²) >= 11 is 0. The Hall–Kier alpha value is -0.573. The van der Waals surface area contributed by atoms with Crippen LogP contribution in [-0.4, -0.2) is 22.8 Å². The van der Waals surface area contributed by atoms with Gasteiger partial charge in [0.05, 0.1) is 6.61 Å². The van der Waals surface area contributed by atoms with Gasteiger partial charge in [-0.25, -0.2) is 4.79 Å². The van der Waals surface area contributed by atoms with E-state index in [1.807, 2.05) is 20.8 Å². The molecule has 13 heavy (non-hydrogen) atoms. The van der Waals surface area contributed by atoms with Gasteiger partial charge >= 0.3 is 5.97 Å². The molecular weight excluding hydrogens is 180 g/mol. The number of rotatable bonds is 5. The lowest BCUT2D eigenvalue weighted by Gasteiger charge is -2.07. The third-order valence-corrected chi connectivity index (χ3v) is 2.64. The second-order valence-corrected chi connectivity index (χ2v) is 4.32. The lowest BCUT2D eigenvalue weighted by Crippen LogP contribution is -2.09. The molecule has 0 fully saturated rings. The van der Waals surface area contributed by atoms with Gasteiger partial charge in [0.25, 0.3) is 0 Å². The standard InChI is InChI=1S/C10H20O2Si/c1-4-9(8(2)3)10(11)12-6-5-7-13/h4-7H2,1-3,13H3. The Kier molecular flexibility index (Phi) is 6.59.